The molecule has 0 amide bonds. The first-order chi connectivity index (χ1) is 9.44. The number of halogens is 4. The molecule has 2 nitrogen and oxygen atoms in total. The van der Waals surface area contributed by atoms with Gasteiger partial charge in [0.1, 0.15) is 5.15 Å². The van der Waals surface area contributed by atoms with Gasteiger partial charge in [-0.2, -0.15) is 13.2 Å². The van der Waals surface area contributed by atoms with Crippen molar-refractivity contribution >= 4 is 11.6 Å². The lowest BCUT2D eigenvalue weighted by Gasteiger charge is -2.24. The number of hydrogen-bond donors (Lipinski definition) is 0. The van der Waals surface area contributed by atoms with E-state index in [2.05, 4.69) is 4.98 Å². The highest BCUT2D eigenvalue weighted by molar-refractivity contribution is 6.29. The van der Waals surface area contributed by atoms with E-state index in [0.29, 0.717) is 17.4 Å². The maximum absolute atomic E-state index is 12.3. The molecule has 0 atom stereocenters. The average molecular weight is 301 g/mol. The minimum atomic E-state index is -4.20. The molecule has 1 aromatic rings. The molecule has 0 fully saturated rings. The lowest BCUT2D eigenvalue weighted by atomic mass is 10.2. The number of nitrogens with zero attached hydrogens (tertiary/aromatic N) is 2. The van der Waals surface area contributed by atoms with Gasteiger partial charge in [0, 0.05) is 24.6 Å². The molecule has 1 aliphatic heterocycles. The predicted molar refractivity (Wildman–Crippen MR) is 71.8 cm³/mol. The molecule has 0 saturated carbocycles. The Labute approximate surface area is 119 Å². The van der Waals surface area contributed by atoms with Crippen molar-refractivity contribution in [2.75, 3.05) is 0 Å². The minimum Gasteiger partial charge on any atom is -0.344 e. The van der Waals surface area contributed by atoms with Crippen LogP contribution in [0.25, 0.3) is 0 Å². The molecular formula is C14H12ClF3N2. The van der Waals surface area contributed by atoms with E-state index in [1.807, 2.05) is 0 Å². The van der Waals surface area contributed by atoms with E-state index >= 15 is 0 Å². The first-order valence-corrected chi connectivity index (χ1v) is 6.31. The second-order valence-electron chi connectivity index (χ2n) is 4.27. The Morgan fingerprint density at radius 2 is 2.05 bits per heavy atom. The Hall–Kier alpha value is -1.75. The average Bonchev–Trinajstić information content (AvgIpc) is 2.39. The third kappa shape index (κ3) is 4.42. The number of rotatable bonds is 3. The van der Waals surface area contributed by atoms with Crippen molar-refractivity contribution < 1.29 is 13.2 Å². The highest BCUT2D eigenvalue weighted by atomic mass is 35.5. The molecule has 1 aliphatic rings. The molecule has 20 heavy (non-hydrogen) atoms. The summed E-state index contributed by atoms with van der Waals surface area (Å²) in [5.41, 5.74) is 1.38. The highest BCUT2D eigenvalue weighted by Crippen LogP contribution is 2.24. The van der Waals surface area contributed by atoms with E-state index in [1.165, 1.54) is 6.08 Å². The van der Waals surface area contributed by atoms with Crippen LogP contribution in [0.5, 0.6) is 0 Å². The Morgan fingerprint density at radius 1 is 1.25 bits per heavy atom. The summed E-state index contributed by atoms with van der Waals surface area (Å²) in [6, 6.07) is 3.45. The fourth-order valence-electron chi connectivity index (χ4n) is 1.74. The van der Waals surface area contributed by atoms with E-state index in [0.717, 1.165) is 5.56 Å². The van der Waals surface area contributed by atoms with Crippen molar-refractivity contribution in [3.63, 3.8) is 0 Å². The molecule has 0 bridgehead atoms. The number of alkyl halides is 3. The van der Waals surface area contributed by atoms with Gasteiger partial charge in [0.2, 0.25) is 0 Å². The van der Waals surface area contributed by atoms with Crippen LogP contribution < -0.4 is 0 Å². The topological polar surface area (TPSA) is 16.1 Å². The van der Waals surface area contributed by atoms with Gasteiger partial charge in [-0.3, -0.25) is 0 Å². The van der Waals surface area contributed by atoms with Crippen LogP contribution in [0, 0.1) is 0 Å². The molecule has 2 heterocycles. The molecule has 6 heteroatoms. The maximum atomic E-state index is 12.3. The summed E-state index contributed by atoms with van der Waals surface area (Å²) in [6.07, 6.45) is 4.49. The van der Waals surface area contributed by atoms with Gasteiger partial charge in [0.05, 0.1) is 6.42 Å². The van der Waals surface area contributed by atoms with Gasteiger partial charge in [0.25, 0.3) is 0 Å². The standard InChI is InChI=1S/C14H12ClF3N2/c15-13-5-4-11(9-19-13)10-20-8-2-1-3-12(20)6-7-14(16,17)18/h1-6,8-9H,7,10H2/b12-6+. The maximum Gasteiger partial charge on any atom is 0.392 e. The van der Waals surface area contributed by atoms with E-state index in [-0.39, 0.29) is 0 Å². The monoisotopic (exact) mass is 300 g/mol. The molecule has 106 valence electrons. The summed E-state index contributed by atoms with van der Waals surface area (Å²) in [7, 11) is 0. The van der Waals surface area contributed by atoms with Gasteiger partial charge in [-0.1, -0.05) is 29.8 Å². The molecular weight excluding hydrogens is 289 g/mol. The Morgan fingerprint density at radius 3 is 2.70 bits per heavy atom. The number of aromatic nitrogens is 1. The normalized spacial score (nSPS) is 17.0. The van der Waals surface area contributed by atoms with Crippen molar-refractivity contribution in [1.29, 1.82) is 0 Å². The molecule has 0 spiro atoms. The number of allylic oxidation sites excluding steroid dienone is 4. The fraction of sp³-hybridized carbons (Fsp3) is 0.214. The number of hydrogen-bond acceptors (Lipinski definition) is 2. The van der Waals surface area contributed by atoms with Crippen molar-refractivity contribution in [3.05, 3.63) is 65.2 Å². The van der Waals surface area contributed by atoms with E-state index in [1.54, 1.807) is 47.7 Å². The summed E-state index contributed by atoms with van der Waals surface area (Å²) >= 11 is 5.70. The quantitative estimate of drug-likeness (QED) is 0.766. The molecule has 0 radical (unpaired) electrons. The van der Waals surface area contributed by atoms with Crippen molar-refractivity contribution in [3.8, 4) is 0 Å². The molecule has 0 aliphatic carbocycles. The first kappa shape index (κ1) is 14.7. The molecule has 0 saturated heterocycles. The van der Waals surface area contributed by atoms with Crippen LogP contribution in [0.1, 0.15) is 12.0 Å². The van der Waals surface area contributed by atoms with Crippen LogP contribution >= 0.6 is 11.6 Å². The van der Waals surface area contributed by atoms with Gasteiger partial charge in [-0.15, -0.1) is 0 Å². The summed E-state index contributed by atoms with van der Waals surface area (Å²) in [4.78, 5) is 5.68. The third-order valence-corrected chi connectivity index (χ3v) is 2.88. The lowest BCUT2D eigenvalue weighted by molar-refractivity contribution is -0.125. The Kier molecular flexibility index (Phi) is 4.49. The summed E-state index contributed by atoms with van der Waals surface area (Å²) in [6.45, 7) is 0.439. The van der Waals surface area contributed by atoms with Crippen LogP contribution in [-0.2, 0) is 6.54 Å². The molecule has 0 aromatic carbocycles. The third-order valence-electron chi connectivity index (χ3n) is 2.66. The first-order valence-electron chi connectivity index (χ1n) is 5.93. The Balaban J connectivity index is 2.10. The van der Waals surface area contributed by atoms with Gasteiger partial charge in [-0.25, -0.2) is 4.98 Å². The van der Waals surface area contributed by atoms with Gasteiger partial charge in [-0.05, 0) is 23.8 Å². The smallest absolute Gasteiger partial charge is 0.344 e. The molecule has 1 aromatic heterocycles. The van der Waals surface area contributed by atoms with Gasteiger partial charge in [0.15, 0.2) is 0 Å². The van der Waals surface area contributed by atoms with Crippen LogP contribution in [0.3, 0.4) is 0 Å². The van der Waals surface area contributed by atoms with Crippen LogP contribution in [-0.4, -0.2) is 16.1 Å². The minimum absolute atomic E-state index is 0.385. The summed E-state index contributed by atoms with van der Waals surface area (Å²) in [5.74, 6) is 0. The predicted octanol–water partition coefficient (Wildman–Crippen LogP) is 4.46. The second-order valence-corrected chi connectivity index (χ2v) is 4.65. The van der Waals surface area contributed by atoms with Crippen molar-refractivity contribution in [2.45, 2.75) is 19.1 Å². The van der Waals surface area contributed by atoms with Crippen LogP contribution in [0.2, 0.25) is 5.15 Å². The molecule has 0 N–H and O–H groups in total. The molecule has 2 rings (SSSR count). The van der Waals surface area contributed by atoms with E-state index < -0.39 is 12.6 Å². The van der Waals surface area contributed by atoms with Crippen LogP contribution in [0.4, 0.5) is 13.2 Å². The van der Waals surface area contributed by atoms with Crippen LogP contribution in [0.15, 0.2) is 54.5 Å². The van der Waals surface area contributed by atoms with Crippen molar-refractivity contribution in [2.24, 2.45) is 0 Å². The second kappa shape index (κ2) is 6.13. The largest absolute Gasteiger partial charge is 0.392 e. The molecule has 0 unspecified atom stereocenters. The lowest BCUT2D eigenvalue weighted by Crippen LogP contribution is -2.17. The SMILES string of the molecule is FC(F)(F)C/C=C1\C=CC=CN1Cc1ccc(Cl)nc1. The van der Waals surface area contributed by atoms with Gasteiger partial charge < -0.3 is 4.90 Å². The van der Waals surface area contributed by atoms with E-state index in [9.17, 15) is 13.2 Å². The van der Waals surface area contributed by atoms with Gasteiger partial charge >= 0.3 is 6.18 Å². The van der Waals surface area contributed by atoms with Crippen molar-refractivity contribution in [1.82, 2.24) is 9.88 Å². The summed E-state index contributed by atoms with van der Waals surface area (Å²) in [5, 5.41) is 0.385. The van der Waals surface area contributed by atoms with E-state index in [4.69, 9.17) is 11.6 Å². The Bertz CT molecular complexity index is 545. The number of pyridine rings is 1. The zero-order valence-corrected chi connectivity index (χ0v) is 11.2. The fourth-order valence-corrected chi connectivity index (χ4v) is 1.85. The zero-order chi connectivity index (χ0) is 14.6. The summed E-state index contributed by atoms with van der Waals surface area (Å²) < 4.78 is 36.8. The zero-order valence-electron chi connectivity index (χ0n) is 10.4. The highest BCUT2D eigenvalue weighted by Gasteiger charge is 2.25.